The highest BCUT2D eigenvalue weighted by Gasteiger charge is 2.29. The Bertz CT molecular complexity index is 453. The second-order valence-electron chi connectivity index (χ2n) is 3.73. The fourth-order valence-electron chi connectivity index (χ4n) is 1.69. The van der Waals surface area contributed by atoms with Crippen LogP contribution in [-0.4, -0.2) is 28.9 Å². The first-order valence-electron chi connectivity index (χ1n) is 5.40. The lowest BCUT2D eigenvalue weighted by molar-refractivity contribution is -0.146. The SMILES string of the molecule is CCCN(C=O)C(C(=O)O)c1cccc(Cl)c1F. The van der Waals surface area contributed by atoms with Crippen LogP contribution in [0.4, 0.5) is 4.39 Å². The van der Waals surface area contributed by atoms with Crippen molar-refractivity contribution in [1.29, 1.82) is 0 Å². The highest BCUT2D eigenvalue weighted by atomic mass is 35.5. The third-order valence-electron chi connectivity index (χ3n) is 2.46. The lowest BCUT2D eigenvalue weighted by atomic mass is 10.0. The van der Waals surface area contributed by atoms with Crippen LogP contribution in [0.3, 0.4) is 0 Å². The molecule has 1 atom stereocenters. The van der Waals surface area contributed by atoms with Gasteiger partial charge in [-0.1, -0.05) is 30.7 Å². The number of carbonyl (C=O) groups is 2. The maximum atomic E-state index is 13.8. The quantitative estimate of drug-likeness (QED) is 0.810. The van der Waals surface area contributed by atoms with Gasteiger partial charge in [0.2, 0.25) is 6.41 Å². The normalized spacial score (nSPS) is 11.9. The Morgan fingerprint density at radius 2 is 2.28 bits per heavy atom. The Balaban J connectivity index is 3.23. The second-order valence-corrected chi connectivity index (χ2v) is 4.13. The molecule has 6 heteroatoms. The van der Waals surface area contributed by atoms with Gasteiger partial charge in [0.25, 0.3) is 0 Å². The van der Waals surface area contributed by atoms with Crippen molar-refractivity contribution in [3.8, 4) is 0 Å². The lowest BCUT2D eigenvalue weighted by Gasteiger charge is -2.25. The van der Waals surface area contributed by atoms with Crippen LogP contribution >= 0.6 is 11.6 Å². The van der Waals surface area contributed by atoms with Crippen LogP contribution in [0, 0.1) is 5.82 Å². The summed E-state index contributed by atoms with van der Waals surface area (Å²) in [4.78, 5) is 23.2. The number of aliphatic carboxylic acids is 1. The van der Waals surface area contributed by atoms with E-state index in [2.05, 4.69) is 0 Å². The minimum absolute atomic E-state index is 0.115. The van der Waals surface area contributed by atoms with Crippen molar-refractivity contribution in [3.63, 3.8) is 0 Å². The second kappa shape index (κ2) is 6.35. The molecule has 1 aromatic rings. The Hall–Kier alpha value is -1.62. The maximum absolute atomic E-state index is 13.8. The van der Waals surface area contributed by atoms with E-state index in [0.29, 0.717) is 12.8 Å². The van der Waals surface area contributed by atoms with Gasteiger partial charge in [-0.2, -0.15) is 0 Å². The molecule has 0 bridgehead atoms. The van der Waals surface area contributed by atoms with Crippen molar-refractivity contribution in [1.82, 2.24) is 4.90 Å². The van der Waals surface area contributed by atoms with Gasteiger partial charge in [-0.05, 0) is 12.5 Å². The van der Waals surface area contributed by atoms with Crippen LogP contribution in [0.2, 0.25) is 5.02 Å². The summed E-state index contributed by atoms with van der Waals surface area (Å²) < 4.78 is 13.8. The summed E-state index contributed by atoms with van der Waals surface area (Å²) in [6.45, 7) is 2.02. The molecule has 1 amide bonds. The summed E-state index contributed by atoms with van der Waals surface area (Å²) in [6, 6.07) is 2.73. The largest absolute Gasteiger partial charge is 0.479 e. The van der Waals surface area contributed by atoms with Gasteiger partial charge < -0.3 is 10.0 Å². The predicted molar refractivity (Wildman–Crippen MR) is 64.8 cm³/mol. The molecule has 0 spiro atoms. The highest BCUT2D eigenvalue weighted by Crippen LogP contribution is 2.27. The molecule has 98 valence electrons. The van der Waals surface area contributed by atoms with Gasteiger partial charge in [-0.25, -0.2) is 9.18 Å². The molecule has 0 aliphatic rings. The van der Waals surface area contributed by atoms with Gasteiger partial charge in [0.05, 0.1) is 5.02 Å². The summed E-state index contributed by atoms with van der Waals surface area (Å²) >= 11 is 5.61. The van der Waals surface area contributed by atoms with Crippen LogP contribution in [-0.2, 0) is 9.59 Å². The standard InChI is InChI=1S/C12H13ClFNO3/c1-2-6-15(7-16)11(12(17)18)8-4-3-5-9(13)10(8)14/h3-5,7,11H,2,6H2,1H3,(H,17,18). The van der Waals surface area contributed by atoms with Gasteiger partial charge in [0.15, 0.2) is 6.04 Å². The summed E-state index contributed by atoms with van der Waals surface area (Å²) in [5, 5.41) is 8.99. The van der Waals surface area contributed by atoms with E-state index in [1.807, 2.05) is 0 Å². The van der Waals surface area contributed by atoms with E-state index in [-0.39, 0.29) is 17.1 Å². The summed E-state index contributed by atoms with van der Waals surface area (Å²) in [6.07, 6.45) is 0.980. The third-order valence-corrected chi connectivity index (χ3v) is 2.75. The number of amides is 1. The molecule has 18 heavy (non-hydrogen) atoms. The van der Waals surface area contributed by atoms with Crippen molar-refractivity contribution in [3.05, 3.63) is 34.6 Å². The first kappa shape index (κ1) is 14.4. The molecular formula is C12H13ClFNO3. The van der Waals surface area contributed by atoms with E-state index < -0.39 is 17.8 Å². The fraction of sp³-hybridized carbons (Fsp3) is 0.333. The number of halogens is 2. The predicted octanol–water partition coefficient (Wildman–Crippen LogP) is 2.47. The molecule has 1 unspecified atom stereocenters. The number of hydrogen-bond donors (Lipinski definition) is 1. The Morgan fingerprint density at radius 1 is 1.61 bits per heavy atom. The molecule has 1 N–H and O–H groups in total. The first-order valence-corrected chi connectivity index (χ1v) is 5.78. The molecule has 0 aliphatic heterocycles. The highest BCUT2D eigenvalue weighted by molar-refractivity contribution is 6.30. The molecule has 0 saturated heterocycles. The minimum Gasteiger partial charge on any atom is -0.479 e. The van der Waals surface area contributed by atoms with Crippen molar-refractivity contribution in [2.45, 2.75) is 19.4 Å². The molecule has 1 rings (SSSR count). The van der Waals surface area contributed by atoms with Crippen molar-refractivity contribution < 1.29 is 19.1 Å². The fourth-order valence-corrected chi connectivity index (χ4v) is 1.87. The maximum Gasteiger partial charge on any atom is 0.331 e. The number of carboxylic acids is 1. The number of benzene rings is 1. The van der Waals surface area contributed by atoms with Crippen LogP contribution in [0.25, 0.3) is 0 Å². The summed E-state index contributed by atoms with van der Waals surface area (Å²) in [7, 11) is 0. The van der Waals surface area contributed by atoms with Gasteiger partial charge in [-0.3, -0.25) is 4.79 Å². The molecule has 0 saturated carbocycles. The zero-order valence-corrected chi connectivity index (χ0v) is 10.5. The number of carbonyl (C=O) groups excluding carboxylic acids is 1. The number of nitrogens with zero attached hydrogens (tertiary/aromatic N) is 1. The first-order chi connectivity index (χ1) is 8.52. The van der Waals surface area contributed by atoms with Crippen LogP contribution in [0.15, 0.2) is 18.2 Å². The molecule has 0 aromatic heterocycles. The molecular weight excluding hydrogens is 261 g/mol. The van der Waals surface area contributed by atoms with Gasteiger partial charge in [0, 0.05) is 12.1 Å². The average molecular weight is 274 g/mol. The lowest BCUT2D eigenvalue weighted by Crippen LogP contribution is -2.34. The minimum atomic E-state index is -1.36. The van der Waals surface area contributed by atoms with E-state index in [1.54, 1.807) is 6.92 Å². The zero-order chi connectivity index (χ0) is 13.7. The summed E-state index contributed by atoms with van der Waals surface area (Å²) in [5.74, 6) is -2.11. The zero-order valence-electron chi connectivity index (χ0n) is 9.77. The molecule has 1 aromatic carbocycles. The monoisotopic (exact) mass is 273 g/mol. The van der Waals surface area contributed by atoms with Gasteiger partial charge in [-0.15, -0.1) is 0 Å². The number of rotatable bonds is 6. The van der Waals surface area contributed by atoms with E-state index >= 15 is 0 Å². The van der Waals surface area contributed by atoms with Crippen molar-refractivity contribution in [2.24, 2.45) is 0 Å². The number of hydrogen-bond acceptors (Lipinski definition) is 2. The van der Waals surface area contributed by atoms with Crippen molar-refractivity contribution in [2.75, 3.05) is 6.54 Å². The third kappa shape index (κ3) is 2.98. The average Bonchev–Trinajstić information content (AvgIpc) is 2.33. The molecule has 0 aliphatic carbocycles. The topological polar surface area (TPSA) is 57.6 Å². The summed E-state index contributed by atoms with van der Waals surface area (Å²) in [5.41, 5.74) is -0.115. The van der Waals surface area contributed by atoms with Gasteiger partial charge in [0.1, 0.15) is 5.82 Å². The van der Waals surface area contributed by atoms with E-state index in [9.17, 15) is 14.0 Å². The Labute approximate surface area is 109 Å². The van der Waals surface area contributed by atoms with Gasteiger partial charge >= 0.3 is 5.97 Å². The van der Waals surface area contributed by atoms with E-state index in [1.165, 1.54) is 18.2 Å². The van der Waals surface area contributed by atoms with E-state index in [0.717, 1.165) is 4.90 Å². The van der Waals surface area contributed by atoms with Crippen LogP contribution in [0.1, 0.15) is 24.9 Å². The Kier molecular flexibility index (Phi) is 5.09. The number of carboxylic acid groups (broad SMARTS) is 1. The molecule has 4 nitrogen and oxygen atoms in total. The Morgan fingerprint density at radius 3 is 2.78 bits per heavy atom. The van der Waals surface area contributed by atoms with Crippen LogP contribution < -0.4 is 0 Å². The molecule has 0 fully saturated rings. The molecule has 0 radical (unpaired) electrons. The van der Waals surface area contributed by atoms with E-state index in [4.69, 9.17) is 16.7 Å². The van der Waals surface area contributed by atoms with Crippen molar-refractivity contribution >= 4 is 24.0 Å². The smallest absolute Gasteiger partial charge is 0.331 e. The molecule has 0 heterocycles. The van der Waals surface area contributed by atoms with Crippen LogP contribution in [0.5, 0.6) is 0 Å².